The van der Waals surface area contributed by atoms with Crippen LogP contribution in [0.4, 0.5) is 0 Å². The Morgan fingerprint density at radius 2 is 1.74 bits per heavy atom. The first kappa shape index (κ1) is 18.4. The molecule has 1 N–H and O–H groups in total. The molecule has 0 amide bonds. The molecule has 2 aliphatic rings. The van der Waals surface area contributed by atoms with Gasteiger partial charge in [-0.3, -0.25) is 9.80 Å². The molecule has 2 fully saturated rings. The van der Waals surface area contributed by atoms with E-state index >= 15 is 0 Å². The topological polar surface area (TPSA) is 45.2 Å². The van der Waals surface area contributed by atoms with E-state index in [0.717, 1.165) is 51.7 Å². The van der Waals surface area contributed by atoms with Crippen molar-refractivity contribution in [2.75, 3.05) is 39.4 Å². The highest BCUT2D eigenvalue weighted by Gasteiger charge is 2.35. The zero-order valence-corrected chi connectivity index (χ0v) is 15.7. The van der Waals surface area contributed by atoms with Crippen molar-refractivity contribution < 1.29 is 14.6 Å². The molecule has 144 valence electrons. The third kappa shape index (κ3) is 4.87. The summed E-state index contributed by atoms with van der Waals surface area (Å²) in [6.45, 7) is 6.39. The normalized spacial score (nSPS) is 24.2. The number of nitrogens with zero attached hydrogens (tertiary/aromatic N) is 2. The third-order valence-electron chi connectivity index (χ3n) is 5.40. The van der Waals surface area contributed by atoms with Gasteiger partial charge in [0.2, 0.25) is 0 Å². The van der Waals surface area contributed by atoms with E-state index in [1.807, 2.05) is 30.3 Å². The summed E-state index contributed by atoms with van der Waals surface area (Å²) in [6.07, 6.45) is -0.291. The number of aliphatic hydroxyl groups excluding tert-OH is 1. The number of aliphatic hydroxyl groups is 1. The first-order valence-corrected chi connectivity index (χ1v) is 9.76. The van der Waals surface area contributed by atoms with Gasteiger partial charge in [-0.2, -0.15) is 0 Å². The van der Waals surface area contributed by atoms with Crippen molar-refractivity contribution in [2.45, 2.75) is 25.3 Å². The average molecular weight is 368 g/mol. The summed E-state index contributed by atoms with van der Waals surface area (Å²) in [5.41, 5.74) is 2.38. The van der Waals surface area contributed by atoms with E-state index in [1.165, 1.54) is 11.1 Å². The molecule has 0 bridgehead atoms. The quantitative estimate of drug-likeness (QED) is 0.846. The highest BCUT2D eigenvalue weighted by molar-refractivity contribution is 5.29. The van der Waals surface area contributed by atoms with Crippen LogP contribution in [0.3, 0.4) is 0 Å². The summed E-state index contributed by atoms with van der Waals surface area (Å²) in [7, 11) is 0. The van der Waals surface area contributed by atoms with Crippen LogP contribution in [0.5, 0.6) is 5.75 Å². The zero-order valence-electron chi connectivity index (χ0n) is 15.7. The number of rotatable bonds is 6. The van der Waals surface area contributed by atoms with E-state index in [9.17, 15) is 5.11 Å². The Kier molecular flexibility index (Phi) is 6.04. The monoisotopic (exact) mass is 368 g/mol. The standard InChI is InChI=1S/C22H28N2O3/c25-22-16-23(15-21(22)24-9-11-26-12-10-24)14-19-7-4-8-20(13-19)27-17-18-5-2-1-3-6-18/h1-8,13,21-22,25H,9-12,14-17H2/t21-,22-/m0/s1. The summed E-state index contributed by atoms with van der Waals surface area (Å²) in [5, 5.41) is 10.5. The fourth-order valence-corrected chi connectivity index (χ4v) is 3.98. The number of ether oxygens (including phenoxy) is 2. The molecule has 27 heavy (non-hydrogen) atoms. The van der Waals surface area contributed by atoms with Crippen molar-refractivity contribution in [1.29, 1.82) is 0 Å². The lowest BCUT2D eigenvalue weighted by Crippen LogP contribution is -2.48. The van der Waals surface area contributed by atoms with Gasteiger partial charge in [-0.1, -0.05) is 42.5 Å². The molecule has 5 heteroatoms. The van der Waals surface area contributed by atoms with Crippen LogP contribution in [0, 0.1) is 0 Å². The lowest BCUT2D eigenvalue weighted by molar-refractivity contribution is -0.00618. The van der Waals surface area contributed by atoms with Crippen molar-refractivity contribution >= 4 is 0 Å². The van der Waals surface area contributed by atoms with E-state index < -0.39 is 0 Å². The van der Waals surface area contributed by atoms with E-state index in [4.69, 9.17) is 9.47 Å². The molecule has 2 atom stereocenters. The fraction of sp³-hybridized carbons (Fsp3) is 0.455. The van der Waals surface area contributed by atoms with Gasteiger partial charge in [0.1, 0.15) is 12.4 Å². The van der Waals surface area contributed by atoms with Crippen LogP contribution >= 0.6 is 0 Å². The molecule has 2 heterocycles. The predicted molar refractivity (Wildman–Crippen MR) is 105 cm³/mol. The lowest BCUT2D eigenvalue weighted by atomic mass is 10.1. The minimum absolute atomic E-state index is 0.214. The summed E-state index contributed by atoms with van der Waals surface area (Å²) in [4.78, 5) is 4.70. The maximum atomic E-state index is 10.5. The lowest BCUT2D eigenvalue weighted by Gasteiger charge is -2.33. The van der Waals surface area contributed by atoms with Gasteiger partial charge in [0.15, 0.2) is 0 Å². The van der Waals surface area contributed by atoms with Crippen LogP contribution in [0.15, 0.2) is 54.6 Å². The second-order valence-electron chi connectivity index (χ2n) is 7.40. The molecule has 0 saturated carbocycles. The third-order valence-corrected chi connectivity index (χ3v) is 5.40. The van der Waals surface area contributed by atoms with Crippen LogP contribution in [0.1, 0.15) is 11.1 Å². The Labute approximate surface area is 161 Å². The Bertz CT molecular complexity index is 719. The maximum absolute atomic E-state index is 10.5. The number of benzene rings is 2. The van der Waals surface area contributed by atoms with Gasteiger partial charge in [0.05, 0.1) is 19.3 Å². The molecule has 4 rings (SSSR count). The van der Waals surface area contributed by atoms with Gasteiger partial charge in [-0.15, -0.1) is 0 Å². The van der Waals surface area contributed by atoms with E-state index in [0.29, 0.717) is 6.61 Å². The van der Waals surface area contributed by atoms with Gasteiger partial charge in [-0.25, -0.2) is 0 Å². The van der Waals surface area contributed by atoms with Gasteiger partial charge >= 0.3 is 0 Å². The largest absolute Gasteiger partial charge is 0.489 e. The van der Waals surface area contributed by atoms with Gasteiger partial charge < -0.3 is 14.6 Å². The first-order chi connectivity index (χ1) is 13.3. The molecule has 2 saturated heterocycles. The minimum atomic E-state index is -0.291. The van der Waals surface area contributed by atoms with Gasteiger partial charge in [0.25, 0.3) is 0 Å². The van der Waals surface area contributed by atoms with Crippen LogP contribution in [-0.4, -0.2) is 66.4 Å². The Morgan fingerprint density at radius 3 is 2.56 bits per heavy atom. The van der Waals surface area contributed by atoms with Crippen LogP contribution in [0.25, 0.3) is 0 Å². The minimum Gasteiger partial charge on any atom is -0.489 e. The molecule has 0 aromatic heterocycles. The summed E-state index contributed by atoms with van der Waals surface area (Å²) < 4.78 is 11.4. The van der Waals surface area contributed by atoms with Gasteiger partial charge in [-0.05, 0) is 23.3 Å². The fourth-order valence-electron chi connectivity index (χ4n) is 3.98. The van der Waals surface area contributed by atoms with Gasteiger partial charge in [0, 0.05) is 38.8 Å². The van der Waals surface area contributed by atoms with Crippen molar-refractivity contribution in [2.24, 2.45) is 0 Å². The molecule has 2 aromatic carbocycles. The van der Waals surface area contributed by atoms with Crippen LogP contribution < -0.4 is 4.74 Å². The molecule has 5 nitrogen and oxygen atoms in total. The van der Waals surface area contributed by atoms with Crippen LogP contribution in [-0.2, 0) is 17.9 Å². The predicted octanol–water partition coefficient (Wildman–Crippen LogP) is 2.14. The number of hydrogen-bond donors (Lipinski definition) is 1. The number of β-amino-alcohol motifs (C(OH)–C–C–N with tert-alkyl or cyclic N) is 1. The SMILES string of the molecule is O[C@H]1CN(Cc2cccc(OCc3ccccc3)c2)C[C@@H]1N1CCOCC1. The van der Waals surface area contributed by atoms with E-state index in [2.05, 4.69) is 34.1 Å². The van der Waals surface area contributed by atoms with E-state index in [1.54, 1.807) is 0 Å². The highest BCUT2D eigenvalue weighted by Crippen LogP contribution is 2.22. The molecular weight excluding hydrogens is 340 g/mol. The van der Waals surface area contributed by atoms with Crippen molar-refractivity contribution in [3.63, 3.8) is 0 Å². The Balaban J connectivity index is 1.33. The molecular formula is C22H28N2O3. The average Bonchev–Trinajstić information content (AvgIpc) is 3.08. The number of hydrogen-bond acceptors (Lipinski definition) is 5. The summed E-state index contributed by atoms with van der Waals surface area (Å²) in [6, 6.07) is 18.7. The summed E-state index contributed by atoms with van der Waals surface area (Å²) >= 11 is 0. The van der Waals surface area contributed by atoms with Crippen molar-refractivity contribution in [3.05, 3.63) is 65.7 Å². The maximum Gasteiger partial charge on any atom is 0.120 e. The highest BCUT2D eigenvalue weighted by atomic mass is 16.5. The zero-order chi connectivity index (χ0) is 18.5. The molecule has 0 radical (unpaired) electrons. The second-order valence-corrected chi connectivity index (χ2v) is 7.40. The summed E-state index contributed by atoms with van der Waals surface area (Å²) in [5.74, 6) is 0.890. The smallest absolute Gasteiger partial charge is 0.120 e. The Hall–Kier alpha value is -1.92. The molecule has 0 unspecified atom stereocenters. The molecule has 0 spiro atoms. The van der Waals surface area contributed by atoms with Crippen LogP contribution in [0.2, 0.25) is 0 Å². The molecule has 0 aliphatic carbocycles. The number of morpholine rings is 1. The van der Waals surface area contributed by atoms with Crippen molar-refractivity contribution in [1.82, 2.24) is 9.80 Å². The Morgan fingerprint density at radius 1 is 0.963 bits per heavy atom. The molecule has 2 aliphatic heterocycles. The molecule has 2 aromatic rings. The second kappa shape index (κ2) is 8.85. The number of likely N-dealkylation sites (tertiary alicyclic amines) is 1. The van der Waals surface area contributed by atoms with E-state index in [-0.39, 0.29) is 12.1 Å². The van der Waals surface area contributed by atoms with Crippen molar-refractivity contribution in [3.8, 4) is 5.75 Å². The first-order valence-electron chi connectivity index (χ1n) is 9.76.